The number of hydrogen-bond acceptors (Lipinski definition) is 3. The van der Waals surface area contributed by atoms with Crippen molar-refractivity contribution in [3.05, 3.63) is 48.2 Å². The minimum Gasteiger partial charge on any atom is -0.410 e. The predicted molar refractivity (Wildman–Crippen MR) is 59.2 cm³/mol. The zero-order valence-electron chi connectivity index (χ0n) is 8.47. The zero-order chi connectivity index (χ0) is 10.7. The highest BCUT2D eigenvalue weighted by Crippen LogP contribution is 2.22. The van der Waals surface area contributed by atoms with Crippen LogP contribution in [-0.2, 0) is 0 Å². The highest BCUT2D eigenvalue weighted by Gasteiger charge is 2.02. The van der Waals surface area contributed by atoms with Crippen LogP contribution in [0.5, 0.6) is 5.75 Å². The quantitative estimate of drug-likeness (QED) is 0.757. The van der Waals surface area contributed by atoms with Gasteiger partial charge in [-0.2, -0.15) is 5.90 Å². The first-order chi connectivity index (χ1) is 7.31. The lowest BCUT2D eigenvalue weighted by molar-refractivity contribution is 0.333. The van der Waals surface area contributed by atoms with Gasteiger partial charge in [-0.25, -0.2) is 0 Å². The summed E-state index contributed by atoms with van der Waals surface area (Å²) in [5.41, 5.74) is 3.25. The lowest BCUT2D eigenvalue weighted by atomic mass is 10.1. The SMILES string of the molecule is Cc1ccccc1-c1ccc(ON)cn1. The Hall–Kier alpha value is -1.87. The molecule has 2 aromatic rings. The van der Waals surface area contributed by atoms with E-state index in [0.717, 1.165) is 11.3 Å². The summed E-state index contributed by atoms with van der Waals surface area (Å²) in [5, 5.41) is 0. The van der Waals surface area contributed by atoms with Crippen molar-refractivity contribution in [2.24, 2.45) is 5.90 Å². The largest absolute Gasteiger partial charge is 0.410 e. The van der Waals surface area contributed by atoms with Gasteiger partial charge in [-0.3, -0.25) is 4.98 Å². The van der Waals surface area contributed by atoms with Gasteiger partial charge in [0.1, 0.15) is 0 Å². The number of aromatic nitrogens is 1. The number of nitrogens with zero attached hydrogens (tertiary/aromatic N) is 1. The zero-order valence-corrected chi connectivity index (χ0v) is 8.47. The van der Waals surface area contributed by atoms with E-state index in [0.29, 0.717) is 5.75 Å². The topological polar surface area (TPSA) is 48.1 Å². The highest BCUT2D eigenvalue weighted by molar-refractivity contribution is 5.63. The Kier molecular flexibility index (Phi) is 2.65. The molecule has 0 spiro atoms. The van der Waals surface area contributed by atoms with Crippen molar-refractivity contribution in [1.82, 2.24) is 4.98 Å². The second-order valence-electron chi connectivity index (χ2n) is 3.31. The summed E-state index contributed by atoms with van der Waals surface area (Å²) in [6.07, 6.45) is 1.61. The molecule has 0 saturated carbocycles. The van der Waals surface area contributed by atoms with Gasteiger partial charge < -0.3 is 4.84 Å². The van der Waals surface area contributed by atoms with Gasteiger partial charge in [0.2, 0.25) is 0 Å². The van der Waals surface area contributed by atoms with Crippen LogP contribution in [0.1, 0.15) is 5.56 Å². The number of rotatable bonds is 2. The number of benzene rings is 1. The van der Waals surface area contributed by atoms with E-state index in [1.54, 1.807) is 12.3 Å². The maximum atomic E-state index is 5.03. The Morgan fingerprint density at radius 2 is 1.93 bits per heavy atom. The van der Waals surface area contributed by atoms with E-state index in [1.807, 2.05) is 24.3 Å². The molecule has 0 saturated heterocycles. The highest BCUT2D eigenvalue weighted by atomic mass is 16.6. The van der Waals surface area contributed by atoms with Gasteiger partial charge in [0.15, 0.2) is 5.75 Å². The third-order valence-corrected chi connectivity index (χ3v) is 2.29. The molecule has 0 bridgehead atoms. The van der Waals surface area contributed by atoms with Crippen LogP contribution in [0.15, 0.2) is 42.6 Å². The third kappa shape index (κ3) is 1.97. The van der Waals surface area contributed by atoms with Gasteiger partial charge in [0, 0.05) is 5.56 Å². The number of pyridine rings is 1. The van der Waals surface area contributed by atoms with Crippen LogP contribution >= 0.6 is 0 Å². The molecule has 76 valence electrons. The van der Waals surface area contributed by atoms with E-state index in [4.69, 9.17) is 5.90 Å². The van der Waals surface area contributed by atoms with Gasteiger partial charge in [-0.05, 0) is 24.6 Å². The molecule has 3 heteroatoms. The van der Waals surface area contributed by atoms with Gasteiger partial charge in [0.25, 0.3) is 0 Å². The first-order valence-electron chi connectivity index (χ1n) is 4.70. The van der Waals surface area contributed by atoms with Gasteiger partial charge in [-0.15, -0.1) is 0 Å². The van der Waals surface area contributed by atoms with Crippen molar-refractivity contribution < 1.29 is 4.84 Å². The molecular formula is C12H12N2O. The Balaban J connectivity index is 2.42. The van der Waals surface area contributed by atoms with E-state index in [1.165, 1.54) is 5.56 Å². The molecule has 1 heterocycles. The lowest BCUT2D eigenvalue weighted by Crippen LogP contribution is -2.01. The normalized spacial score (nSPS) is 10.0. The number of nitrogens with two attached hydrogens (primary N) is 1. The Labute approximate surface area is 88.5 Å². The van der Waals surface area contributed by atoms with Crippen molar-refractivity contribution >= 4 is 0 Å². The minimum atomic E-state index is 0.562. The van der Waals surface area contributed by atoms with Crippen LogP contribution in [0.3, 0.4) is 0 Å². The average molecular weight is 200 g/mol. The van der Waals surface area contributed by atoms with Gasteiger partial charge in [-0.1, -0.05) is 24.3 Å². The van der Waals surface area contributed by atoms with E-state index in [-0.39, 0.29) is 0 Å². The molecule has 0 radical (unpaired) electrons. The van der Waals surface area contributed by atoms with E-state index >= 15 is 0 Å². The average Bonchev–Trinajstić information content (AvgIpc) is 2.30. The number of aryl methyl sites for hydroxylation is 1. The second-order valence-corrected chi connectivity index (χ2v) is 3.31. The Morgan fingerprint density at radius 1 is 1.13 bits per heavy atom. The summed E-state index contributed by atoms with van der Waals surface area (Å²) in [5.74, 6) is 5.59. The van der Waals surface area contributed by atoms with Crippen LogP contribution in [-0.4, -0.2) is 4.98 Å². The monoisotopic (exact) mass is 200 g/mol. The Bertz CT molecular complexity index is 451. The molecule has 15 heavy (non-hydrogen) atoms. The summed E-state index contributed by atoms with van der Waals surface area (Å²) in [6, 6.07) is 11.8. The van der Waals surface area contributed by atoms with Crippen molar-refractivity contribution in [2.45, 2.75) is 6.92 Å². The fourth-order valence-corrected chi connectivity index (χ4v) is 1.47. The molecule has 2 rings (SSSR count). The van der Waals surface area contributed by atoms with Crippen LogP contribution < -0.4 is 10.7 Å². The fraction of sp³-hybridized carbons (Fsp3) is 0.0833. The van der Waals surface area contributed by atoms with Gasteiger partial charge >= 0.3 is 0 Å². The second kappa shape index (κ2) is 4.11. The molecule has 0 atom stereocenters. The molecule has 0 aliphatic heterocycles. The lowest BCUT2D eigenvalue weighted by Gasteiger charge is -2.05. The molecular weight excluding hydrogens is 188 g/mol. The van der Waals surface area contributed by atoms with Crippen LogP contribution in [0.25, 0.3) is 11.3 Å². The maximum Gasteiger partial charge on any atom is 0.165 e. The molecule has 0 fully saturated rings. The maximum absolute atomic E-state index is 5.03. The molecule has 3 nitrogen and oxygen atoms in total. The van der Waals surface area contributed by atoms with Crippen molar-refractivity contribution in [3.63, 3.8) is 0 Å². The first-order valence-corrected chi connectivity index (χ1v) is 4.70. The molecule has 1 aromatic carbocycles. The first kappa shape index (κ1) is 9.68. The van der Waals surface area contributed by atoms with E-state index < -0.39 is 0 Å². The smallest absolute Gasteiger partial charge is 0.165 e. The molecule has 0 amide bonds. The van der Waals surface area contributed by atoms with Crippen LogP contribution in [0.4, 0.5) is 0 Å². The predicted octanol–water partition coefficient (Wildman–Crippen LogP) is 2.31. The molecule has 0 aliphatic carbocycles. The molecule has 0 unspecified atom stereocenters. The summed E-state index contributed by atoms with van der Waals surface area (Å²) in [4.78, 5) is 8.85. The molecule has 2 N–H and O–H groups in total. The summed E-state index contributed by atoms with van der Waals surface area (Å²) >= 11 is 0. The third-order valence-electron chi connectivity index (χ3n) is 2.29. The van der Waals surface area contributed by atoms with E-state index in [9.17, 15) is 0 Å². The Morgan fingerprint density at radius 3 is 2.53 bits per heavy atom. The summed E-state index contributed by atoms with van der Waals surface area (Å²) in [6.45, 7) is 2.06. The van der Waals surface area contributed by atoms with Crippen molar-refractivity contribution in [2.75, 3.05) is 0 Å². The van der Waals surface area contributed by atoms with Gasteiger partial charge in [0.05, 0.1) is 11.9 Å². The molecule has 0 aliphatic rings. The standard InChI is InChI=1S/C12H12N2O/c1-9-4-2-3-5-11(9)12-7-6-10(15-13)8-14-12/h2-8H,13H2,1H3. The van der Waals surface area contributed by atoms with Crippen molar-refractivity contribution in [3.8, 4) is 17.0 Å². The summed E-state index contributed by atoms with van der Waals surface area (Å²) in [7, 11) is 0. The van der Waals surface area contributed by atoms with E-state index in [2.05, 4.69) is 22.8 Å². The van der Waals surface area contributed by atoms with Crippen LogP contribution in [0.2, 0.25) is 0 Å². The number of hydrogen-bond donors (Lipinski definition) is 1. The van der Waals surface area contributed by atoms with Crippen LogP contribution in [0, 0.1) is 6.92 Å². The minimum absolute atomic E-state index is 0.562. The fourth-order valence-electron chi connectivity index (χ4n) is 1.47. The van der Waals surface area contributed by atoms with Crippen molar-refractivity contribution in [1.29, 1.82) is 0 Å². The summed E-state index contributed by atoms with van der Waals surface area (Å²) < 4.78 is 0. The molecule has 1 aromatic heterocycles.